The van der Waals surface area contributed by atoms with Crippen LogP contribution in [0.4, 0.5) is 5.69 Å². The topological polar surface area (TPSA) is 71.1 Å². The molecule has 0 saturated carbocycles. The zero-order valence-corrected chi connectivity index (χ0v) is 10.9. The number of rotatable bonds is 5. The summed E-state index contributed by atoms with van der Waals surface area (Å²) in [4.78, 5) is 0. The molecule has 1 aromatic heterocycles. The van der Waals surface area contributed by atoms with E-state index < -0.39 is 0 Å². The van der Waals surface area contributed by atoms with Crippen LogP contribution in [-0.2, 0) is 6.54 Å². The Balaban J connectivity index is 2.15. The normalized spacial score (nSPS) is 9.95. The van der Waals surface area contributed by atoms with Gasteiger partial charge in [-0.1, -0.05) is 5.16 Å². The third-order valence-corrected chi connectivity index (χ3v) is 2.55. The van der Waals surface area contributed by atoms with Gasteiger partial charge in [0, 0.05) is 6.07 Å². The zero-order valence-electron chi connectivity index (χ0n) is 10.9. The van der Waals surface area contributed by atoms with Gasteiger partial charge < -0.3 is 14.6 Å². The molecule has 1 N–H and O–H groups in total. The summed E-state index contributed by atoms with van der Waals surface area (Å²) in [7, 11) is 0. The molecule has 0 aliphatic heterocycles. The first-order chi connectivity index (χ1) is 9.22. The highest BCUT2D eigenvalue weighted by Gasteiger charge is 2.06. The second kappa shape index (κ2) is 5.91. The molecule has 0 spiro atoms. The number of aryl methyl sites for hydroxylation is 1. The minimum absolute atomic E-state index is 0.520. The molecular weight excluding hydrogens is 242 g/mol. The smallest absolute Gasteiger partial charge is 0.142 e. The van der Waals surface area contributed by atoms with Crippen LogP contribution in [-0.4, -0.2) is 11.8 Å². The van der Waals surface area contributed by atoms with Crippen molar-refractivity contribution in [1.29, 1.82) is 5.26 Å². The Labute approximate surface area is 111 Å². The van der Waals surface area contributed by atoms with Gasteiger partial charge in [-0.2, -0.15) is 5.26 Å². The van der Waals surface area contributed by atoms with Gasteiger partial charge in [0.1, 0.15) is 17.2 Å². The first kappa shape index (κ1) is 13.0. The van der Waals surface area contributed by atoms with Crippen molar-refractivity contribution >= 4 is 5.69 Å². The minimum atomic E-state index is 0.520. The fraction of sp³-hybridized carbons (Fsp3) is 0.286. The molecule has 19 heavy (non-hydrogen) atoms. The molecule has 0 amide bonds. The maximum atomic E-state index is 8.93. The molecule has 1 heterocycles. The number of benzene rings is 1. The van der Waals surface area contributed by atoms with Crippen molar-refractivity contribution in [3.63, 3.8) is 0 Å². The maximum absolute atomic E-state index is 8.93. The number of nitrogens with zero attached hydrogens (tertiary/aromatic N) is 2. The van der Waals surface area contributed by atoms with Gasteiger partial charge in [0.15, 0.2) is 0 Å². The van der Waals surface area contributed by atoms with Gasteiger partial charge in [0.05, 0.1) is 30.5 Å². The van der Waals surface area contributed by atoms with E-state index in [4.69, 9.17) is 14.5 Å². The second-order valence-corrected chi connectivity index (χ2v) is 4.04. The molecular formula is C14H15N3O2. The number of aromatic nitrogens is 1. The molecule has 2 rings (SSSR count). The first-order valence-corrected chi connectivity index (χ1v) is 6.06. The molecule has 5 heteroatoms. The SMILES string of the molecule is CCOc1ccc(C#N)cc1NCc1cc(C)on1. The van der Waals surface area contributed by atoms with Crippen molar-refractivity contribution < 1.29 is 9.26 Å². The Morgan fingerprint density at radius 3 is 2.89 bits per heavy atom. The molecule has 0 saturated heterocycles. The first-order valence-electron chi connectivity index (χ1n) is 6.06. The molecule has 5 nitrogen and oxygen atoms in total. The highest BCUT2D eigenvalue weighted by atomic mass is 16.5. The second-order valence-electron chi connectivity index (χ2n) is 4.04. The lowest BCUT2D eigenvalue weighted by Crippen LogP contribution is -2.03. The number of nitriles is 1. The van der Waals surface area contributed by atoms with Crippen molar-refractivity contribution in [3.05, 3.63) is 41.3 Å². The predicted molar refractivity (Wildman–Crippen MR) is 70.9 cm³/mol. The molecule has 98 valence electrons. The van der Waals surface area contributed by atoms with Crippen LogP contribution in [0.1, 0.15) is 23.9 Å². The van der Waals surface area contributed by atoms with Gasteiger partial charge in [-0.15, -0.1) is 0 Å². The van der Waals surface area contributed by atoms with Crippen LogP contribution in [0.15, 0.2) is 28.8 Å². The zero-order chi connectivity index (χ0) is 13.7. The van der Waals surface area contributed by atoms with Crippen LogP contribution in [0.25, 0.3) is 0 Å². The van der Waals surface area contributed by atoms with Crippen molar-refractivity contribution in [3.8, 4) is 11.8 Å². The lowest BCUT2D eigenvalue weighted by Gasteiger charge is -2.11. The Hall–Kier alpha value is -2.48. The fourth-order valence-corrected chi connectivity index (χ4v) is 1.71. The molecule has 0 aliphatic carbocycles. The predicted octanol–water partition coefficient (Wildman–Crippen LogP) is 2.87. The van der Waals surface area contributed by atoms with E-state index in [1.165, 1.54) is 0 Å². The van der Waals surface area contributed by atoms with Crippen LogP contribution in [0.3, 0.4) is 0 Å². The number of hydrogen-bond donors (Lipinski definition) is 1. The standard InChI is InChI=1S/C14H15N3O2/c1-3-18-14-5-4-11(8-15)7-13(14)16-9-12-6-10(2)19-17-12/h4-7,16H,3,9H2,1-2H3. The highest BCUT2D eigenvalue weighted by Crippen LogP contribution is 2.26. The summed E-state index contributed by atoms with van der Waals surface area (Å²) in [5.41, 5.74) is 2.17. The lowest BCUT2D eigenvalue weighted by molar-refractivity contribution is 0.341. The van der Waals surface area contributed by atoms with E-state index in [0.717, 1.165) is 22.9 Å². The number of anilines is 1. The Morgan fingerprint density at radius 1 is 1.42 bits per heavy atom. The largest absolute Gasteiger partial charge is 0.492 e. The molecule has 0 aliphatic rings. The summed E-state index contributed by atoms with van der Waals surface area (Å²) in [5, 5.41) is 16.0. The van der Waals surface area contributed by atoms with E-state index in [1.54, 1.807) is 18.2 Å². The Morgan fingerprint density at radius 2 is 2.26 bits per heavy atom. The highest BCUT2D eigenvalue weighted by molar-refractivity contribution is 5.60. The van der Waals surface area contributed by atoms with Crippen LogP contribution in [0.5, 0.6) is 5.75 Å². The van der Waals surface area contributed by atoms with Gasteiger partial charge in [0.2, 0.25) is 0 Å². The van der Waals surface area contributed by atoms with Gasteiger partial charge in [0.25, 0.3) is 0 Å². The van der Waals surface area contributed by atoms with E-state index in [9.17, 15) is 0 Å². The van der Waals surface area contributed by atoms with Gasteiger partial charge >= 0.3 is 0 Å². The van der Waals surface area contributed by atoms with E-state index >= 15 is 0 Å². The molecule has 0 atom stereocenters. The summed E-state index contributed by atoms with van der Waals surface area (Å²) in [5.74, 6) is 1.49. The average molecular weight is 257 g/mol. The quantitative estimate of drug-likeness (QED) is 0.891. The van der Waals surface area contributed by atoms with E-state index in [0.29, 0.717) is 18.7 Å². The van der Waals surface area contributed by atoms with Gasteiger partial charge in [-0.3, -0.25) is 0 Å². The number of nitrogens with one attached hydrogen (secondary N) is 1. The van der Waals surface area contributed by atoms with E-state index in [1.807, 2.05) is 19.9 Å². The summed E-state index contributed by atoms with van der Waals surface area (Å²) in [6, 6.07) is 9.26. The summed E-state index contributed by atoms with van der Waals surface area (Å²) >= 11 is 0. The molecule has 0 fully saturated rings. The van der Waals surface area contributed by atoms with Gasteiger partial charge in [-0.25, -0.2) is 0 Å². The maximum Gasteiger partial charge on any atom is 0.142 e. The molecule has 0 radical (unpaired) electrons. The number of hydrogen-bond acceptors (Lipinski definition) is 5. The van der Waals surface area contributed by atoms with Crippen molar-refractivity contribution in [2.24, 2.45) is 0 Å². The monoisotopic (exact) mass is 257 g/mol. The van der Waals surface area contributed by atoms with Crippen molar-refractivity contribution in [2.45, 2.75) is 20.4 Å². The third-order valence-electron chi connectivity index (χ3n) is 2.55. The summed E-state index contributed by atoms with van der Waals surface area (Å²) < 4.78 is 10.5. The average Bonchev–Trinajstić information content (AvgIpc) is 2.83. The van der Waals surface area contributed by atoms with Crippen LogP contribution >= 0.6 is 0 Å². The van der Waals surface area contributed by atoms with E-state index in [-0.39, 0.29) is 0 Å². The van der Waals surface area contributed by atoms with Gasteiger partial charge in [-0.05, 0) is 32.0 Å². The van der Waals surface area contributed by atoms with E-state index in [2.05, 4.69) is 16.5 Å². The molecule has 0 unspecified atom stereocenters. The Bertz CT molecular complexity index is 599. The minimum Gasteiger partial charge on any atom is -0.492 e. The molecule has 0 bridgehead atoms. The molecule has 1 aromatic carbocycles. The Kier molecular flexibility index (Phi) is 4.04. The summed E-state index contributed by atoms with van der Waals surface area (Å²) in [6.07, 6.45) is 0. The van der Waals surface area contributed by atoms with Crippen LogP contribution < -0.4 is 10.1 Å². The van der Waals surface area contributed by atoms with Crippen LogP contribution in [0.2, 0.25) is 0 Å². The molecule has 2 aromatic rings. The summed E-state index contributed by atoms with van der Waals surface area (Å²) in [6.45, 7) is 4.86. The fourth-order valence-electron chi connectivity index (χ4n) is 1.71. The van der Waals surface area contributed by atoms with Crippen LogP contribution in [0, 0.1) is 18.3 Å². The lowest BCUT2D eigenvalue weighted by atomic mass is 10.2. The van der Waals surface area contributed by atoms with Crippen molar-refractivity contribution in [1.82, 2.24) is 5.16 Å². The number of ether oxygens (including phenoxy) is 1. The third kappa shape index (κ3) is 3.26. The van der Waals surface area contributed by atoms with Crippen molar-refractivity contribution in [2.75, 3.05) is 11.9 Å².